The van der Waals surface area contributed by atoms with E-state index in [-0.39, 0.29) is 42.6 Å². The molecule has 2 unspecified atom stereocenters. The van der Waals surface area contributed by atoms with E-state index in [1.165, 1.54) is 0 Å². The summed E-state index contributed by atoms with van der Waals surface area (Å²) in [7, 11) is 3.71. The van der Waals surface area contributed by atoms with Crippen molar-refractivity contribution in [3.63, 3.8) is 0 Å². The molecule has 0 spiro atoms. The van der Waals surface area contributed by atoms with E-state index < -0.39 is 0 Å². The maximum Gasteiger partial charge on any atom is 6.00 e. The van der Waals surface area contributed by atoms with Gasteiger partial charge in [0.2, 0.25) is 0 Å². The van der Waals surface area contributed by atoms with Crippen LogP contribution in [0.2, 0.25) is 0 Å². The van der Waals surface area contributed by atoms with E-state index in [9.17, 15) is 0 Å². The van der Waals surface area contributed by atoms with Crippen LogP contribution in [0.3, 0.4) is 0 Å². The summed E-state index contributed by atoms with van der Waals surface area (Å²) < 4.78 is 0. The molecule has 0 fully saturated rings. The first-order chi connectivity index (χ1) is 12.9. The topological polar surface area (TPSA) is 90.5 Å². The number of nitrogens with zero attached hydrogens (tertiary/aromatic N) is 4. The summed E-state index contributed by atoms with van der Waals surface area (Å²) in [5.74, 6) is 0. The summed E-state index contributed by atoms with van der Waals surface area (Å²) >= 11 is 0. The SMILES string of the molecule is CCC(C)(C)C([N-]C)[N-]C(C)C.CCC(C)(C)C([N-]C)[N-]C(C)C.[CH-]=O.[CH-]=O.[Ru+6]. The summed E-state index contributed by atoms with van der Waals surface area (Å²) in [6.45, 7) is 28.2. The quantitative estimate of drug-likeness (QED) is 0.194. The van der Waals surface area contributed by atoms with Crippen LogP contribution in [0, 0.1) is 10.8 Å². The van der Waals surface area contributed by atoms with Gasteiger partial charge >= 0.3 is 19.5 Å². The summed E-state index contributed by atoms with van der Waals surface area (Å²) in [6, 6.07) is 0.758. The van der Waals surface area contributed by atoms with E-state index in [1.807, 2.05) is 14.1 Å². The van der Waals surface area contributed by atoms with Gasteiger partial charge < -0.3 is 30.9 Å². The van der Waals surface area contributed by atoms with E-state index in [4.69, 9.17) is 9.59 Å². The number of rotatable bonds is 10. The monoisotopic (exact) mass is 500 g/mol. The molecule has 174 valence electrons. The smallest absolute Gasteiger partial charge is 0.680 e. The van der Waals surface area contributed by atoms with Gasteiger partial charge in [0.05, 0.1) is 0 Å². The molecule has 0 heterocycles. The minimum Gasteiger partial charge on any atom is -0.680 e. The van der Waals surface area contributed by atoms with Crippen molar-refractivity contribution in [1.82, 2.24) is 0 Å². The van der Waals surface area contributed by atoms with Gasteiger partial charge in [0.25, 0.3) is 0 Å². The van der Waals surface area contributed by atoms with E-state index in [0.29, 0.717) is 12.1 Å². The number of hydrogen-bond donors (Lipinski definition) is 0. The Kier molecular flexibility index (Phi) is 30.5. The third kappa shape index (κ3) is 20.8. The van der Waals surface area contributed by atoms with Gasteiger partial charge in [0.1, 0.15) is 0 Å². The Hall–Kier alpha value is -0.197. The van der Waals surface area contributed by atoms with Crippen LogP contribution in [-0.4, -0.2) is 52.1 Å². The molecule has 7 heteroatoms. The molecule has 0 aliphatic heterocycles. The number of carbonyl (C=O) groups excluding carboxylic acids is 2. The molecule has 0 radical (unpaired) electrons. The van der Waals surface area contributed by atoms with Crippen molar-refractivity contribution in [3.05, 3.63) is 21.3 Å². The second-order valence-electron chi connectivity index (χ2n) is 8.43. The van der Waals surface area contributed by atoms with Crippen LogP contribution < -0.4 is 0 Å². The Bertz CT molecular complexity index is 309. The molecule has 0 bridgehead atoms. The van der Waals surface area contributed by atoms with Crippen LogP contribution in [0.15, 0.2) is 0 Å². The van der Waals surface area contributed by atoms with Gasteiger partial charge in [-0.15, -0.1) is 12.1 Å². The fourth-order valence-corrected chi connectivity index (χ4v) is 2.17. The van der Waals surface area contributed by atoms with E-state index in [0.717, 1.165) is 12.8 Å². The molecule has 0 aliphatic carbocycles. The average Bonchev–Trinajstić information content (AvgIpc) is 2.67. The summed E-state index contributed by atoms with van der Waals surface area (Å²) in [5.41, 5.74) is 0.415. The zero-order chi connectivity index (χ0) is 23.6. The second kappa shape index (κ2) is 22.5. The molecule has 0 aromatic rings. The van der Waals surface area contributed by atoms with Gasteiger partial charge in [0.15, 0.2) is 0 Å². The molecular weight excluding hydrogens is 453 g/mol. The van der Waals surface area contributed by atoms with Crippen LogP contribution in [0.1, 0.15) is 82.1 Å². The maximum absolute atomic E-state index is 7.75. The van der Waals surface area contributed by atoms with Crippen molar-refractivity contribution in [3.8, 4) is 0 Å². The van der Waals surface area contributed by atoms with Crippen LogP contribution in [0.25, 0.3) is 21.3 Å². The van der Waals surface area contributed by atoms with Gasteiger partial charge in [-0.1, -0.05) is 92.9 Å². The van der Waals surface area contributed by atoms with E-state index >= 15 is 0 Å². The molecule has 0 N–H and O–H groups in total. The zero-order valence-electron chi connectivity index (χ0n) is 20.8. The summed E-state index contributed by atoms with van der Waals surface area (Å²) in [6.07, 6.45) is 2.54. The largest absolute Gasteiger partial charge is 6.00 e. The average molecular weight is 500 g/mol. The third-order valence-corrected chi connectivity index (χ3v) is 4.59. The Morgan fingerprint density at radius 1 is 0.655 bits per heavy atom. The molecule has 6 nitrogen and oxygen atoms in total. The van der Waals surface area contributed by atoms with Gasteiger partial charge in [0, 0.05) is 0 Å². The standard InChI is InChI=1S/2C10H22N2.2CHO.Ru/c2*1-7-10(4,5)9(11-6)12-8(2)3;2*1-2;/h2*8-9H,7H2,1-6H3;2*1H;/q2*-2;2*-1;+6. The van der Waals surface area contributed by atoms with Gasteiger partial charge in [-0.3, -0.25) is 13.6 Å². The molecule has 0 saturated heterocycles. The maximum atomic E-state index is 7.75. The van der Waals surface area contributed by atoms with Crippen LogP contribution in [-0.2, 0) is 29.1 Å². The molecule has 0 rings (SSSR count). The van der Waals surface area contributed by atoms with Gasteiger partial charge in [-0.2, -0.15) is 14.1 Å². The van der Waals surface area contributed by atoms with Crippen molar-refractivity contribution in [2.45, 2.75) is 106 Å². The molecule has 2 atom stereocenters. The molecule has 0 amide bonds. The second-order valence-corrected chi connectivity index (χ2v) is 8.43. The first-order valence-electron chi connectivity index (χ1n) is 9.92. The fraction of sp³-hybridized carbons (Fsp3) is 0.909. The Labute approximate surface area is 195 Å². The Morgan fingerprint density at radius 2 is 0.862 bits per heavy atom. The normalized spacial score (nSPS) is 12.9. The van der Waals surface area contributed by atoms with Crippen LogP contribution in [0.5, 0.6) is 0 Å². The molecule has 0 aromatic heterocycles. The van der Waals surface area contributed by atoms with Crippen molar-refractivity contribution >= 4 is 13.6 Å². The van der Waals surface area contributed by atoms with Gasteiger partial charge in [-0.05, 0) is 0 Å². The predicted octanol–water partition coefficient (Wildman–Crippen LogP) is 6.52. The van der Waals surface area contributed by atoms with Crippen molar-refractivity contribution in [1.29, 1.82) is 0 Å². The fourth-order valence-electron chi connectivity index (χ4n) is 2.17. The molecule has 29 heavy (non-hydrogen) atoms. The summed E-state index contributed by atoms with van der Waals surface area (Å²) in [5, 5.41) is 17.8. The molecule has 0 aromatic carbocycles. The first-order valence-corrected chi connectivity index (χ1v) is 9.92. The Morgan fingerprint density at radius 3 is 0.966 bits per heavy atom. The number of hydrogen-bond acceptors (Lipinski definition) is 2. The van der Waals surface area contributed by atoms with E-state index in [2.05, 4.69) is 104 Å². The van der Waals surface area contributed by atoms with Crippen molar-refractivity contribution < 1.29 is 29.1 Å². The predicted molar refractivity (Wildman–Crippen MR) is 125 cm³/mol. The van der Waals surface area contributed by atoms with Crippen LogP contribution >= 0.6 is 0 Å². The first kappa shape index (κ1) is 39.3. The third-order valence-electron chi connectivity index (χ3n) is 4.59. The summed E-state index contributed by atoms with van der Waals surface area (Å²) in [4.78, 5) is 15.5. The minimum absolute atomic E-state index is 0. The molecule has 0 aliphatic rings. The zero-order valence-corrected chi connectivity index (χ0v) is 22.6. The van der Waals surface area contributed by atoms with Crippen LogP contribution in [0.4, 0.5) is 0 Å². The van der Waals surface area contributed by atoms with Crippen molar-refractivity contribution in [2.24, 2.45) is 10.8 Å². The van der Waals surface area contributed by atoms with Gasteiger partial charge in [-0.25, -0.2) is 12.3 Å². The minimum atomic E-state index is 0. The van der Waals surface area contributed by atoms with Crippen molar-refractivity contribution in [2.75, 3.05) is 14.1 Å². The van der Waals surface area contributed by atoms with E-state index in [1.54, 1.807) is 0 Å². The molecule has 0 saturated carbocycles. The Balaban J connectivity index is -0.000000109. The molecular formula is C22H46N4O2Ru.